The highest BCUT2D eigenvalue weighted by Gasteiger charge is 2.16. The molecule has 1 amide bonds. The van der Waals surface area contributed by atoms with Crippen LogP contribution in [0.5, 0.6) is 5.75 Å². The molecule has 0 aliphatic heterocycles. The van der Waals surface area contributed by atoms with Crippen LogP contribution in [0.1, 0.15) is 46.6 Å². The van der Waals surface area contributed by atoms with Gasteiger partial charge in [0.1, 0.15) is 5.75 Å². The second-order valence-corrected chi connectivity index (χ2v) is 9.00. The molecule has 0 fully saturated rings. The standard InChI is InChI=1S/C20H31NO4S/c1-7-24-19(23)13-25-17-9-8-16(10-14(17)2)26-15(3)12-21-18(22)11-20(4,5)6/h8-10,15H,7,11-13H2,1-6H3,(H,21,22)/t15-/m1/s1. The third kappa shape index (κ3) is 9.13. The van der Waals surface area contributed by atoms with Crippen LogP contribution < -0.4 is 10.1 Å². The number of esters is 1. The smallest absolute Gasteiger partial charge is 0.344 e. The summed E-state index contributed by atoms with van der Waals surface area (Å²) in [5, 5.41) is 3.25. The van der Waals surface area contributed by atoms with Gasteiger partial charge in [-0.1, -0.05) is 27.7 Å². The van der Waals surface area contributed by atoms with E-state index in [2.05, 4.69) is 33.0 Å². The van der Waals surface area contributed by atoms with Gasteiger partial charge in [-0.15, -0.1) is 11.8 Å². The molecular weight excluding hydrogens is 350 g/mol. The number of benzene rings is 1. The van der Waals surface area contributed by atoms with Gasteiger partial charge in [-0.25, -0.2) is 4.79 Å². The third-order valence-electron chi connectivity index (χ3n) is 3.41. The lowest BCUT2D eigenvalue weighted by atomic mass is 9.92. The molecule has 0 aliphatic rings. The maximum atomic E-state index is 11.9. The number of amides is 1. The Morgan fingerprint density at radius 3 is 2.54 bits per heavy atom. The normalized spacial score (nSPS) is 12.4. The number of hydrogen-bond acceptors (Lipinski definition) is 5. The van der Waals surface area contributed by atoms with Crippen LogP contribution in [0.25, 0.3) is 0 Å². The Morgan fingerprint density at radius 2 is 1.96 bits per heavy atom. The molecule has 1 aromatic carbocycles. The van der Waals surface area contributed by atoms with Gasteiger partial charge in [0.05, 0.1) is 6.61 Å². The number of nitrogens with one attached hydrogen (secondary N) is 1. The third-order valence-corrected chi connectivity index (χ3v) is 4.51. The van der Waals surface area contributed by atoms with Crippen molar-refractivity contribution in [1.82, 2.24) is 5.32 Å². The van der Waals surface area contributed by atoms with E-state index < -0.39 is 0 Å². The Morgan fingerprint density at radius 1 is 1.27 bits per heavy atom. The molecule has 1 rings (SSSR count). The van der Waals surface area contributed by atoms with Crippen LogP contribution in [-0.2, 0) is 14.3 Å². The molecule has 0 saturated heterocycles. The molecule has 0 heterocycles. The van der Waals surface area contributed by atoms with Crippen molar-refractivity contribution in [3.63, 3.8) is 0 Å². The van der Waals surface area contributed by atoms with Crippen LogP contribution in [0.4, 0.5) is 0 Å². The second-order valence-electron chi connectivity index (χ2n) is 7.49. The van der Waals surface area contributed by atoms with Crippen LogP contribution in [0.2, 0.25) is 0 Å². The van der Waals surface area contributed by atoms with Gasteiger partial charge in [0.25, 0.3) is 0 Å². The maximum absolute atomic E-state index is 11.9. The van der Waals surface area contributed by atoms with Gasteiger partial charge in [0, 0.05) is 23.1 Å². The summed E-state index contributed by atoms with van der Waals surface area (Å²) in [5.74, 6) is 0.391. The van der Waals surface area contributed by atoms with Gasteiger partial charge in [-0.2, -0.15) is 0 Å². The zero-order chi connectivity index (χ0) is 19.7. The van der Waals surface area contributed by atoms with Crippen molar-refractivity contribution >= 4 is 23.6 Å². The topological polar surface area (TPSA) is 64.6 Å². The molecule has 146 valence electrons. The number of aryl methyl sites for hydroxylation is 1. The number of thioether (sulfide) groups is 1. The largest absolute Gasteiger partial charge is 0.482 e. The van der Waals surface area contributed by atoms with E-state index in [1.165, 1.54) is 0 Å². The average molecular weight is 382 g/mol. The van der Waals surface area contributed by atoms with E-state index in [9.17, 15) is 9.59 Å². The maximum Gasteiger partial charge on any atom is 0.344 e. The Kier molecular flexibility index (Phi) is 8.99. The summed E-state index contributed by atoms with van der Waals surface area (Å²) in [6, 6.07) is 5.85. The predicted molar refractivity (Wildman–Crippen MR) is 106 cm³/mol. The van der Waals surface area contributed by atoms with Crippen LogP contribution in [0.15, 0.2) is 23.1 Å². The minimum atomic E-state index is -0.370. The highest BCUT2D eigenvalue weighted by molar-refractivity contribution is 8.00. The molecule has 26 heavy (non-hydrogen) atoms. The summed E-state index contributed by atoms with van der Waals surface area (Å²) in [6.07, 6.45) is 0.524. The molecule has 1 atom stereocenters. The first-order valence-electron chi connectivity index (χ1n) is 8.93. The number of ether oxygens (including phenoxy) is 2. The average Bonchev–Trinajstić information content (AvgIpc) is 2.51. The minimum absolute atomic E-state index is 0.00302. The van der Waals surface area contributed by atoms with Crippen LogP contribution in [0.3, 0.4) is 0 Å². The van der Waals surface area contributed by atoms with Crippen molar-refractivity contribution in [2.75, 3.05) is 19.8 Å². The number of hydrogen-bond donors (Lipinski definition) is 1. The van der Waals surface area contributed by atoms with Crippen molar-refractivity contribution in [1.29, 1.82) is 0 Å². The molecule has 0 saturated carbocycles. The van der Waals surface area contributed by atoms with E-state index in [0.717, 1.165) is 10.5 Å². The highest BCUT2D eigenvalue weighted by atomic mass is 32.2. The lowest BCUT2D eigenvalue weighted by Gasteiger charge is -2.19. The first kappa shape index (κ1) is 22.4. The van der Waals surface area contributed by atoms with Crippen molar-refractivity contribution in [2.24, 2.45) is 5.41 Å². The SMILES string of the molecule is CCOC(=O)COc1ccc(S[C@H](C)CNC(=O)CC(C)(C)C)cc1C. The second kappa shape index (κ2) is 10.5. The van der Waals surface area contributed by atoms with Gasteiger partial charge in [-0.3, -0.25) is 4.79 Å². The molecule has 0 radical (unpaired) electrons. The number of carbonyl (C=O) groups excluding carboxylic acids is 2. The van der Waals surface area contributed by atoms with Crippen molar-refractivity contribution in [3.05, 3.63) is 23.8 Å². The van der Waals surface area contributed by atoms with Crippen LogP contribution >= 0.6 is 11.8 Å². The molecule has 0 aromatic heterocycles. The highest BCUT2D eigenvalue weighted by Crippen LogP contribution is 2.28. The van der Waals surface area contributed by atoms with Gasteiger partial charge < -0.3 is 14.8 Å². The van der Waals surface area contributed by atoms with Gasteiger partial charge in [0.2, 0.25) is 5.91 Å². The summed E-state index contributed by atoms with van der Waals surface area (Å²) < 4.78 is 10.3. The Labute approximate surface area is 161 Å². The molecule has 6 heteroatoms. The lowest BCUT2D eigenvalue weighted by Crippen LogP contribution is -2.32. The quantitative estimate of drug-likeness (QED) is 0.518. The van der Waals surface area contributed by atoms with Crippen molar-refractivity contribution in [3.8, 4) is 5.75 Å². The first-order chi connectivity index (χ1) is 12.1. The summed E-state index contributed by atoms with van der Waals surface area (Å²) in [4.78, 5) is 24.4. The summed E-state index contributed by atoms with van der Waals surface area (Å²) >= 11 is 1.70. The van der Waals surface area contributed by atoms with Crippen molar-refractivity contribution < 1.29 is 19.1 Å². The molecule has 0 unspecified atom stereocenters. The molecule has 0 spiro atoms. The molecule has 0 aliphatic carbocycles. The summed E-state index contributed by atoms with van der Waals surface area (Å²) in [5.41, 5.74) is 0.958. The fourth-order valence-electron chi connectivity index (χ4n) is 2.27. The predicted octanol–water partition coefficient (Wildman–Crippen LogP) is 3.97. The molecule has 1 N–H and O–H groups in total. The van der Waals surface area contributed by atoms with Gasteiger partial charge in [0.15, 0.2) is 6.61 Å². The van der Waals surface area contributed by atoms with E-state index in [1.807, 2.05) is 25.1 Å². The van der Waals surface area contributed by atoms with E-state index in [4.69, 9.17) is 9.47 Å². The summed E-state index contributed by atoms with van der Waals surface area (Å²) in [7, 11) is 0. The number of carbonyl (C=O) groups is 2. The van der Waals surface area contributed by atoms with E-state index in [-0.39, 0.29) is 29.1 Å². The molecular formula is C20H31NO4S. The molecule has 5 nitrogen and oxygen atoms in total. The zero-order valence-corrected chi connectivity index (χ0v) is 17.5. The molecule has 1 aromatic rings. The monoisotopic (exact) mass is 381 g/mol. The van der Waals surface area contributed by atoms with E-state index >= 15 is 0 Å². The molecule has 0 bridgehead atoms. The Balaban J connectivity index is 2.48. The minimum Gasteiger partial charge on any atom is -0.482 e. The fourth-order valence-corrected chi connectivity index (χ4v) is 3.29. The lowest BCUT2D eigenvalue weighted by molar-refractivity contribution is -0.145. The fraction of sp³-hybridized carbons (Fsp3) is 0.600. The van der Waals surface area contributed by atoms with Gasteiger partial charge >= 0.3 is 5.97 Å². The Bertz CT molecular complexity index is 610. The van der Waals surface area contributed by atoms with E-state index in [1.54, 1.807) is 18.7 Å². The van der Waals surface area contributed by atoms with Crippen LogP contribution in [0, 0.1) is 12.3 Å². The Hall–Kier alpha value is -1.69. The van der Waals surface area contributed by atoms with Crippen molar-refractivity contribution in [2.45, 2.75) is 58.1 Å². The van der Waals surface area contributed by atoms with Gasteiger partial charge in [-0.05, 0) is 43.0 Å². The van der Waals surface area contributed by atoms with Crippen LogP contribution in [-0.4, -0.2) is 36.9 Å². The first-order valence-corrected chi connectivity index (χ1v) is 9.81. The number of rotatable bonds is 9. The summed E-state index contributed by atoms with van der Waals surface area (Å²) in [6.45, 7) is 12.8. The van der Waals surface area contributed by atoms with E-state index in [0.29, 0.717) is 25.3 Å². The zero-order valence-electron chi connectivity index (χ0n) is 16.7.